The van der Waals surface area contributed by atoms with Crippen molar-refractivity contribution in [2.45, 2.75) is 36.7 Å². The van der Waals surface area contributed by atoms with E-state index >= 15 is 0 Å². The molecule has 1 aliphatic heterocycles. The number of ether oxygens (including phenoxy) is 1. The Morgan fingerprint density at radius 2 is 1.82 bits per heavy atom. The van der Waals surface area contributed by atoms with Gasteiger partial charge in [0, 0.05) is 25.5 Å². The largest absolute Gasteiger partial charge is 0.484 e. The normalized spacial score (nSPS) is 16.6. The summed E-state index contributed by atoms with van der Waals surface area (Å²) in [5, 5.41) is 9.04. The zero-order valence-corrected chi connectivity index (χ0v) is 16.7. The van der Waals surface area contributed by atoms with E-state index in [1.807, 2.05) is 25.3 Å². The van der Waals surface area contributed by atoms with Gasteiger partial charge in [-0.15, -0.1) is 0 Å². The molecular formula is C20H24N2O5S. The molecule has 7 nitrogen and oxygen atoms in total. The van der Waals surface area contributed by atoms with Crippen LogP contribution in [0.4, 0.5) is 4.79 Å². The van der Waals surface area contributed by atoms with Crippen LogP contribution in [0, 0.1) is 0 Å². The van der Waals surface area contributed by atoms with Gasteiger partial charge in [0.1, 0.15) is 11.9 Å². The maximum Gasteiger partial charge on any atom is 0.407 e. The van der Waals surface area contributed by atoms with Gasteiger partial charge in [0.15, 0.2) is 9.84 Å². The van der Waals surface area contributed by atoms with E-state index in [1.54, 1.807) is 12.1 Å². The average molecular weight is 404 g/mol. The van der Waals surface area contributed by atoms with Crippen molar-refractivity contribution in [3.63, 3.8) is 0 Å². The molecule has 1 atom stereocenters. The van der Waals surface area contributed by atoms with E-state index in [-0.39, 0.29) is 11.0 Å². The number of amides is 1. The first-order valence-electron chi connectivity index (χ1n) is 9.14. The lowest BCUT2D eigenvalue weighted by Gasteiger charge is -2.30. The molecule has 0 aliphatic carbocycles. The average Bonchev–Trinajstić information content (AvgIpc) is 2.68. The summed E-state index contributed by atoms with van der Waals surface area (Å²) in [6, 6.07) is 10.3. The van der Waals surface area contributed by atoms with Crippen molar-refractivity contribution in [1.82, 2.24) is 9.88 Å². The van der Waals surface area contributed by atoms with Crippen LogP contribution in [0.5, 0.6) is 5.75 Å². The zero-order valence-electron chi connectivity index (χ0n) is 15.9. The fourth-order valence-electron chi connectivity index (χ4n) is 3.33. The molecule has 1 N–H and O–H groups in total. The summed E-state index contributed by atoms with van der Waals surface area (Å²) in [6.07, 6.45) is 3.46. The molecule has 150 valence electrons. The Morgan fingerprint density at radius 3 is 2.32 bits per heavy atom. The summed E-state index contributed by atoms with van der Waals surface area (Å²) in [7, 11) is -3.23. The van der Waals surface area contributed by atoms with Crippen LogP contribution < -0.4 is 4.74 Å². The number of carboxylic acid groups (broad SMARTS) is 1. The standard InChI is InChI=1S/C20H24N2O5S/c1-14(27-17-4-6-18(7-5-17)28(2,25)26)19-8-3-16(13-21-19)15-9-11-22(12-10-15)20(23)24/h3-8,13-15H,9-12H2,1-2H3,(H,23,24). The fourth-order valence-corrected chi connectivity index (χ4v) is 3.96. The highest BCUT2D eigenvalue weighted by molar-refractivity contribution is 7.90. The smallest absolute Gasteiger partial charge is 0.407 e. The molecule has 0 bridgehead atoms. The number of nitrogens with zero attached hydrogens (tertiary/aromatic N) is 2. The number of rotatable bonds is 5. The van der Waals surface area contributed by atoms with Gasteiger partial charge in [0.2, 0.25) is 0 Å². The third-order valence-corrected chi connectivity index (χ3v) is 6.16. The summed E-state index contributed by atoms with van der Waals surface area (Å²) < 4.78 is 28.9. The van der Waals surface area contributed by atoms with E-state index in [2.05, 4.69) is 4.98 Å². The van der Waals surface area contributed by atoms with Gasteiger partial charge in [-0.05, 0) is 61.6 Å². The number of carbonyl (C=O) groups is 1. The van der Waals surface area contributed by atoms with Gasteiger partial charge in [0.25, 0.3) is 0 Å². The number of aromatic nitrogens is 1. The highest BCUT2D eigenvalue weighted by Crippen LogP contribution is 2.29. The number of sulfone groups is 1. The van der Waals surface area contributed by atoms with Crippen LogP contribution in [0.2, 0.25) is 0 Å². The van der Waals surface area contributed by atoms with E-state index in [0.29, 0.717) is 24.8 Å². The van der Waals surface area contributed by atoms with Crippen LogP contribution >= 0.6 is 0 Å². The monoisotopic (exact) mass is 404 g/mol. The Kier molecular flexibility index (Phi) is 5.88. The number of hydrogen-bond acceptors (Lipinski definition) is 5. The topological polar surface area (TPSA) is 96.8 Å². The summed E-state index contributed by atoms with van der Waals surface area (Å²) in [5.41, 5.74) is 1.89. The maximum absolute atomic E-state index is 11.5. The van der Waals surface area contributed by atoms with Crippen molar-refractivity contribution in [3.8, 4) is 5.75 Å². The maximum atomic E-state index is 11.5. The molecule has 1 aromatic carbocycles. The molecule has 3 rings (SSSR count). The van der Waals surface area contributed by atoms with Crippen molar-refractivity contribution < 1.29 is 23.1 Å². The van der Waals surface area contributed by atoms with Crippen molar-refractivity contribution in [2.75, 3.05) is 19.3 Å². The second-order valence-corrected chi connectivity index (χ2v) is 9.08. The molecule has 1 aromatic heterocycles. The Hall–Kier alpha value is -2.61. The van der Waals surface area contributed by atoms with E-state index < -0.39 is 15.9 Å². The minimum Gasteiger partial charge on any atom is -0.484 e. The van der Waals surface area contributed by atoms with E-state index in [9.17, 15) is 13.2 Å². The summed E-state index contributed by atoms with van der Waals surface area (Å²) in [4.78, 5) is 17.2. The molecule has 0 saturated carbocycles. The van der Waals surface area contributed by atoms with E-state index in [1.165, 1.54) is 23.3 Å². The Morgan fingerprint density at radius 1 is 1.18 bits per heavy atom. The number of likely N-dealkylation sites (tertiary alicyclic amines) is 1. The predicted octanol–water partition coefficient (Wildman–Crippen LogP) is 3.48. The fraction of sp³-hybridized carbons (Fsp3) is 0.400. The second-order valence-electron chi connectivity index (χ2n) is 7.06. The Labute approximate surface area is 164 Å². The number of piperidine rings is 1. The van der Waals surface area contributed by atoms with Gasteiger partial charge in [-0.1, -0.05) is 6.07 Å². The van der Waals surface area contributed by atoms with Gasteiger partial charge in [-0.25, -0.2) is 13.2 Å². The van der Waals surface area contributed by atoms with Crippen LogP contribution in [0.15, 0.2) is 47.5 Å². The lowest BCUT2D eigenvalue weighted by atomic mass is 9.90. The highest BCUT2D eigenvalue weighted by atomic mass is 32.2. The van der Waals surface area contributed by atoms with Crippen LogP contribution in [-0.4, -0.2) is 48.8 Å². The van der Waals surface area contributed by atoms with Crippen LogP contribution in [0.1, 0.15) is 43.0 Å². The van der Waals surface area contributed by atoms with Crippen LogP contribution in [0.25, 0.3) is 0 Å². The molecule has 2 heterocycles. The van der Waals surface area contributed by atoms with Gasteiger partial charge in [0.05, 0.1) is 10.6 Å². The second kappa shape index (κ2) is 8.18. The van der Waals surface area contributed by atoms with E-state index in [0.717, 1.165) is 24.1 Å². The molecule has 0 spiro atoms. The minimum atomic E-state index is -3.23. The third-order valence-electron chi connectivity index (χ3n) is 5.03. The van der Waals surface area contributed by atoms with Crippen molar-refractivity contribution in [3.05, 3.63) is 53.9 Å². The first-order valence-corrected chi connectivity index (χ1v) is 11.0. The molecule has 0 radical (unpaired) electrons. The Balaban J connectivity index is 1.61. The quantitative estimate of drug-likeness (QED) is 0.819. The zero-order chi connectivity index (χ0) is 20.3. The molecular weight excluding hydrogens is 380 g/mol. The van der Waals surface area contributed by atoms with Gasteiger partial charge in [-0.2, -0.15) is 0 Å². The number of hydrogen-bond donors (Lipinski definition) is 1. The van der Waals surface area contributed by atoms with Gasteiger partial charge in [-0.3, -0.25) is 4.98 Å². The van der Waals surface area contributed by atoms with Crippen molar-refractivity contribution >= 4 is 15.9 Å². The molecule has 8 heteroatoms. The van der Waals surface area contributed by atoms with E-state index in [4.69, 9.17) is 9.84 Å². The number of pyridine rings is 1. The Bertz CT molecular complexity index is 918. The summed E-state index contributed by atoms with van der Waals surface area (Å²) in [5.74, 6) is 0.892. The van der Waals surface area contributed by atoms with Crippen molar-refractivity contribution in [2.24, 2.45) is 0 Å². The van der Waals surface area contributed by atoms with Gasteiger partial charge < -0.3 is 14.7 Å². The summed E-state index contributed by atoms with van der Waals surface area (Å²) in [6.45, 7) is 2.98. The molecule has 1 saturated heterocycles. The SMILES string of the molecule is CC(Oc1ccc(S(C)(=O)=O)cc1)c1ccc(C2CCN(C(=O)O)CC2)cn1. The molecule has 1 amide bonds. The third kappa shape index (κ3) is 4.81. The summed E-state index contributed by atoms with van der Waals surface area (Å²) >= 11 is 0. The van der Waals surface area contributed by atoms with Crippen molar-refractivity contribution in [1.29, 1.82) is 0 Å². The predicted molar refractivity (Wildman–Crippen MR) is 104 cm³/mol. The molecule has 1 aliphatic rings. The van der Waals surface area contributed by atoms with Crippen LogP contribution in [-0.2, 0) is 9.84 Å². The lowest BCUT2D eigenvalue weighted by molar-refractivity contribution is 0.132. The first kappa shape index (κ1) is 20.1. The molecule has 1 fully saturated rings. The first-order chi connectivity index (χ1) is 13.2. The van der Waals surface area contributed by atoms with Crippen LogP contribution in [0.3, 0.4) is 0 Å². The lowest BCUT2D eigenvalue weighted by Crippen LogP contribution is -2.36. The molecule has 2 aromatic rings. The number of benzene rings is 1. The van der Waals surface area contributed by atoms with Gasteiger partial charge >= 0.3 is 6.09 Å². The molecule has 28 heavy (non-hydrogen) atoms. The minimum absolute atomic E-state index is 0.254. The highest BCUT2D eigenvalue weighted by Gasteiger charge is 2.23. The molecule has 1 unspecified atom stereocenters.